The van der Waals surface area contributed by atoms with Crippen LogP contribution in [0.5, 0.6) is 0 Å². The third-order valence-electron chi connectivity index (χ3n) is 1.47. The maximum Gasteiger partial charge on any atom is 0.0509 e. The Labute approximate surface area is 67.7 Å². The van der Waals surface area contributed by atoms with Gasteiger partial charge in [-0.25, -0.2) is 0 Å². The SMILES string of the molecule is CCC(C)N(C)SCS. The largest absolute Gasteiger partial charge is 0.250 e. The van der Waals surface area contributed by atoms with Crippen molar-refractivity contribution in [3.63, 3.8) is 0 Å². The minimum absolute atomic E-state index is 0.669. The highest BCUT2D eigenvalue weighted by atomic mass is 32.2. The van der Waals surface area contributed by atoms with Crippen LogP contribution in [0.3, 0.4) is 0 Å². The lowest BCUT2D eigenvalue weighted by molar-refractivity contribution is 0.426. The minimum atomic E-state index is 0.669. The lowest BCUT2D eigenvalue weighted by atomic mass is 10.3. The van der Waals surface area contributed by atoms with Crippen LogP contribution in [0.4, 0.5) is 0 Å². The molecule has 0 heterocycles. The molecule has 1 unspecified atom stereocenters. The third-order valence-corrected chi connectivity index (χ3v) is 2.70. The van der Waals surface area contributed by atoms with Crippen LogP contribution in [0.25, 0.3) is 0 Å². The average Bonchev–Trinajstić information content (AvgIpc) is 1.87. The van der Waals surface area contributed by atoms with Gasteiger partial charge in [0.15, 0.2) is 0 Å². The van der Waals surface area contributed by atoms with Gasteiger partial charge < -0.3 is 0 Å². The molecule has 1 nitrogen and oxygen atoms in total. The maximum atomic E-state index is 4.11. The summed E-state index contributed by atoms with van der Waals surface area (Å²) in [4.78, 5) is 0. The summed E-state index contributed by atoms with van der Waals surface area (Å²) < 4.78 is 2.24. The third kappa shape index (κ3) is 4.12. The Morgan fingerprint density at radius 1 is 1.67 bits per heavy atom. The monoisotopic (exact) mass is 165 g/mol. The van der Waals surface area contributed by atoms with E-state index in [2.05, 4.69) is 37.8 Å². The molecule has 0 aromatic carbocycles. The van der Waals surface area contributed by atoms with Gasteiger partial charge in [-0.05, 0) is 20.4 Å². The summed E-state index contributed by atoms with van der Waals surface area (Å²) in [6.07, 6.45) is 1.21. The van der Waals surface area contributed by atoms with Crippen LogP contribution in [0.2, 0.25) is 0 Å². The first-order valence-corrected chi connectivity index (χ1v) is 4.76. The summed E-state index contributed by atoms with van der Waals surface area (Å²) in [6.45, 7) is 4.41. The van der Waals surface area contributed by atoms with Gasteiger partial charge in [0.2, 0.25) is 0 Å². The van der Waals surface area contributed by atoms with Crippen molar-refractivity contribution in [1.29, 1.82) is 0 Å². The number of hydrogen-bond acceptors (Lipinski definition) is 3. The standard InChI is InChI=1S/C6H15NS2/c1-4-6(2)7(3)9-5-8/h6,8H,4-5H2,1-3H3. The Kier molecular flexibility index (Phi) is 5.84. The zero-order valence-corrected chi connectivity index (χ0v) is 8.01. The molecule has 0 aliphatic carbocycles. The molecule has 0 bridgehead atoms. The Morgan fingerprint density at radius 2 is 2.22 bits per heavy atom. The molecular weight excluding hydrogens is 150 g/mol. The van der Waals surface area contributed by atoms with Gasteiger partial charge in [-0.3, -0.25) is 4.31 Å². The summed E-state index contributed by atoms with van der Waals surface area (Å²) >= 11 is 5.88. The summed E-state index contributed by atoms with van der Waals surface area (Å²) in [7, 11) is 2.11. The molecule has 0 fully saturated rings. The van der Waals surface area contributed by atoms with Gasteiger partial charge in [-0.15, -0.1) is 0 Å². The van der Waals surface area contributed by atoms with E-state index >= 15 is 0 Å². The van der Waals surface area contributed by atoms with E-state index < -0.39 is 0 Å². The summed E-state index contributed by atoms with van der Waals surface area (Å²) in [5, 5.41) is 0.876. The molecule has 0 N–H and O–H groups in total. The normalized spacial score (nSPS) is 14.3. The van der Waals surface area contributed by atoms with Crippen LogP contribution < -0.4 is 0 Å². The molecular formula is C6H15NS2. The molecule has 0 aliphatic rings. The fourth-order valence-corrected chi connectivity index (χ4v) is 1.61. The average molecular weight is 165 g/mol. The fraction of sp³-hybridized carbons (Fsp3) is 1.00. The second-order valence-electron chi connectivity index (χ2n) is 2.06. The lowest BCUT2D eigenvalue weighted by Gasteiger charge is -2.20. The van der Waals surface area contributed by atoms with Gasteiger partial charge in [-0.2, -0.15) is 12.6 Å². The second-order valence-corrected chi connectivity index (χ2v) is 3.93. The van der Waals surface area contributed by atoms with Gasteiger partial charge >= 0.3 is 0 Å². The van der Waals surface area contributed by atoms with Crippen LogP contribution >= 0.6 is 24.6 Å². The number of nitrogens with zero attached hydrogens (tertiary/aromatic N) is 1. The van der Waals surface area contributed by atoms with Crippen molar-refractivity contribution < 1.29 is 0 Å². The first-order valence-electron chi connectivity index (χ1n) is 3.19. The first kappa shape index (κ1) is 9.66. The van der Waals surface area contributed by atoms with Gasteiger partial charge in [0.05, 0.1) is 5.08 Å². The molecule has 0 spiro atoms. The van der Waals surface area contributed by atoms with E-state index in [1.165, 1.54) is 6.42 Å². The van der Waals surface area contributed by atoms with E-state index in [1.807, 2.05) is 0 Å². The lowest BCUT2D eigenvalue weighted by Crippen LogP contribution is -2.21. The van der Waals surface area contributed by atoms with Crippen LogP contribution in [0, 0.1) is 0 Å². The Bertz CT molecular complexity index is 68.1. The quantitative estimate of drug-likeness (QED) is 0.387. The van der Waals surface area contributed by atoms with E-state index in [0.29, 0.717) is 6.04 Å². The fourth-order valence-electron chi connectivity index (χ4n) is 0.475. The Morgan fingerprint density at radius 3 is 2.56 bits per heavy atom. The number of thiol groups is 1. The predicted molar refractivity (Wildman–Crippen MR) is 49.0 cm³/mol. The Hall–Kier alpha value is 0.660. The molecule has 9 heavy (non-hydrogen) atoms. The van der Waals surface area contributed by atoms with Crippen LogP contribution in [-0.2, 0) is 0 Å². The van der Waals surface area contributed by atoms with E-state index in [0.717, 1.165) is 5.08 Å². The first-order chi connectivity index (χ1) is 4.22. The number of hydrogen-bond donors (Lipinski definition) is 1. The van der Waals surface area contributed by atoms with Crippen molar-refractivity contribution in [3.8, 4) is 0 Å². The van der Waals surface area contributed by atoms with Crippen molar-refractivity contribution in [2.45, 2.75) is 26.3 Å². The van der Waals surface area contributed by atoms with Crippen molar-refractivity contribution >= 4 is 24.6 Å². The zero-order chi connectivity index (χ0) is 7.28. The zero-order valence-electron chi connectivity index (χ0n) is 6.29. The van der Waals surface area contributed by atoms with Crippen LogP contribution in [0.15, 0.2) is 0 Å². The summed E-state index contributed by atoms with van der Waals surface area (Å²) in [6, 6.07) is 0.669. The second kappa shape index (κ2) is 5.45. The molecule has 3 heteroatoms. The Balaban J connectivity index is 3.32. The van der Waals surface area contributed by atoms with Crippen molar-refractivity contribution in [2.24, 2.45) is 0 Å². The van der Waals surface area contributed by atoms with E-state index in [1.54, 1.807) is 11.9 Å². The molecule has 56 valence electrons. The van der Waals surface area contributed by atoms with E-state index in [4.69, 9.17) is 0 Å². The maximum absolute atomic E-state index is 4.11. The molecule has 0 radical (unpaired) electrons. The van der Waals surface area contributed by atoms with Crippen molar-refractivity contribution in [3.05, 3.63) is 0 Å². The van der Waals surface area contributed by atoms with Gasteiger partial charge in [0, 0.05) is 6.04 Å². The molecule has 1 atom stereocenters. The smallest absolute Gasteiger partial charge is 0.0509 e. The number of rotatable bonds is 4. The highest BCUT2D eigenvalue weighted by molar-refractivity contribution is 8.07. The van der Waals surface area contributed by atoms with Gasteiger partial charge in [0.1, 0.15) is 0 Å². The van der Waals surface area contributed by atoms with E-state index in [-0.39, 0.29) is 0 Å². The molecule has 0 aliphatic heterocycles. The van der Waals surface area contributed by atoms with Gasteiger partial charge in [-0.1, -0.05) is 18.9 Å². The summed E-state index contributed by atoms with van der Waals surface area (Å²) in [5.74, 6) is 0. The van der Waals surface area contributed by atoms with Gasteiger partial charge in [0.25, 0.3) is 0 Å². The van der Waals surface area contributed by atoms with E-state index in [9.17, 15) is 0 Å². The van der Waals surface area contributed by atoms with Crippen molar-refractivity contribution in [2.75, 3.05) is 12.1 Å². The minimum Gasteiger partial charge on any atom is -0.250 e. The predicted octanol–water partition coefficient (Wildman–Crippen LogP) is 2.25. The molecule has 0 saturated carbocycles. The molecule has 0 amide bonds. The summed E-state index contributed by atoms with van der Waals surface area (Å²) in [5.41, 5.74) is 0. The molecule has 0 saturated heterocycles. The molecule has 0 aromatic rings. The highest BCUT2D eigenvalue weighted by Gasteiger charge is 2.04. The van der Waals surface area contributed by atoms with Crippen LogP contribution in [0.1, 0.15) is 20.3 Å². The van der Waals surface area contributed by atoms with Crippen LogP contribution in [-0.4, -0.2) is 22.5 Å². The van der Waals surface area contributed by atoms with Crippen molar-refractivity contribution in [1.82, 2.24) is 4.31 Å². The molecule has 0 rings (SSSR count). The highest BCUT2D eigenvalue weighted by Crippen LogP contribution is 2.13. The molecule has 0 aromatic heterocycles. The topological polar surface area (TPSA) is 3.24 Å².